The summed E-state index contributed by atoms with van der Waals surface area (Å²) in [6, 6.07) is 15.2. The van der Waals surface area contributed by atoms with Gasteiger partial charge in [-0.2, -0.15) is 0 Å². The SMILES string of the molecule is C=CC[C@@](C)(C[C@H](c1cccc(Cl)c1)C(O)c1ccc(Cl)cc1)C1=N[C@@H](C(C)C)CO1. The Morgan fingerprint density at radius 1 is 1.16 bits per heavy atom. The molecule has 0 spiro atoms. The molecule has 0 bridgehead atoms. The number of hydrogen-bond acceptors (Lipinski definition) is 3. The third-order valence-electron chi connectivity index (χ3n) is 6.09. The number of benzene rings is 2. The van der Waals surface area contributed by atoms with E-state index < -0.39 is 11.5 Å². The second-order valence-electron chi connectivity index (χ2n) is 8.97. The highest BCUT2D eigenvalue weighted by Gasteiger charge is 2.40. The van der Waals surface area contributed by atoms with E-state index in [1.807, 2.05) is 42.5 Å². The maximum absolute atomic E-state index is 11.4. The first-order valence-electron chi connectivity index (χ1n) is 10.7. The zero-order valence-electron chi connectivity index (χ0n) is 18.4. The Kier molecular flexibility index (Phi) is 7.85. The van der Waals surface area contributed by atoms with E-state index in [9.17, 15) is 5.11 Å². The Labute approximate surface area is 195 Å². The fourth-order valence-electron chi connectivity index (χ4n) is 4.16. The largest absolute Gasteiger partial charge is 0.478 e. The van der Waals surface area contributed by atoms with Gasteiger partial charge in [0.25, 0.3) is 0 Å². The number of aliphatic hydroxyl groups excluding tert-OH is 1. The van der Waals surface area contributed by atoms with Gasteiger partial charge in [-0.05, 0) is 54.2 Å². The Morgan fingerprint density at radius 2 is 1.87 bits per heavy atom. The molecule has 3 rings (SSSR count). The van der Waals surface area contributed by atoms with Crippen LogP contribution in [0.4, 0.5) is 0 Å². The normalized spacial score (nSPS) is 20.0. The topological polar surface area (TPSA) is 41.8 Å². The molecule has 1 unspecified atom stereocenters. The summed E-state index contributed by atoms with van der Waals surface area (Å²) in [4.78, 5) is 4.91. The lowest BCUT2D eigenvalue weighted by Crippen LogP contribution is -2.31. The van der Waals surface area contributed by atoms with Crippen molar-refractivity contribution in [1.29, 1.82) is 0 Å². The molecule has 0 amide bonds. The maximum atomic E-state index is 11.4. The summed E-state index contributed by atoms with van der Waals surface area (Å²) in [5, 5.41) is 12.7. The van der Waals surface area contributed by atoms with Crippen molar-refractivity contribution in [1.82, 2.24) is 0 Å². The highest BCUT2D eigenvalue weighted by Crippen LogP contribution is 2.44. The molecule has 3 nitrogen and oxygen atoms in total. The predicted molar refractivity (Wildman–Crippen MR) is 130 cm³/mol. The van der Waals surface area contributed by atoms with Crippen molar-refractivity contribution in [3.8, 4) is 0 Å². The first kappa shape index (κ1) is 23.8. The average Bonchev–Trinajstić information content (AvgIpc) is 3.24. The lowest BCUT2D eigenvalue weighted by Gasteiger charge is -2.34. The molecule has 1 aliphatic rings. The number of ether oxygens (including phenoxy) is 1. The maximum Gasteiger partial charge on any atom is 0.190 e. The molecular weight excluding hydrogens is 429 g/mol. The minimum Gasteiger partial charge on any atom is -0.478 e. The second-order valence-corrected chi connectivity index (χ2v) is 9.84. The van der Waals surface area contributed by atoms with E-state index in [0.717, 1.165) is 17.0 Å². The number of aliphatic imine (C=N–C) groups is 1. The van der Waals surface area contributed by atoms with Gasteiger partial charge in [0.1, 0.15) is 6.61 Å². The van der Waals surface area contributed by atoms with E-state index in [2.05, 4.69) is 27.4 Å². The Balaban J connectivity index is 2.00. The van der Waals surface area contributed by atoms with Gasteiger partial charge in [-0.1, -0.05) is 74.3 Å². The molecular formula is C26H31Cl2NO2. The number of halogens is 2. The van der Waals surface area contributed by atoms with Crippen LogP contribution in [-0.4, -0.2) is 23.7 Å². The Morgan fingerprint density at radius 3 is 2.45 bits per heavy atom. The van der Waals surface area contributed by atoms with Crippen molar-refractivity contribution < 1.29 is 9.84 Å². The number of nitrogens with zero attached hydrogens (tertiary/aromatic N) is 1. The quantitative estimate of drug-likeness (QED) is 0.401. The van der Waals surface area contributed by atoms with Crippen LogP contribution in [0.3, 0.4) is 0 Å². The van der Waals surface area contributed by atoms with Crippen LogP contribution in [0.2, 0.25) is 10.0 Å². The summed E-state index contributed by atoms with van der Waals surface area (Å²) in [5.41, 5.74) is 1.39. The summed E-state index contributed by atoms with van der Waals surface area (Å²) < 4.78 is 6.08. The molecule has 1 aliphatic heterocycles. The minimum absolute atomic E-state index is 0.157. The van der Waals surface area contributed by atoms with Crippen LogP contribution < -0.4 is 0 Å². The van der Waals surface area contributed by atoms with Gasteiger partial charge in [-0.15, -0.1) is 6.58 Å². The van der Waals surface area contributed by atoms with E-state index in [0.29, 0.717) is 35.4 Å². The van der Waals surface area contributed by atoms with Gasteiger partial charge in [0.15, 0.2) is 5.90 Å². The molecule has 0 aliphatic carbocycles. The Hall–Kier alpha value is -1.81. The van der Waals surface area contributed by atoms with E-state index in [4.69, 9.17) is 32.9 Å². The number of hydrogen-bond donors (Lipinski definition) is 1. The van der Waals surface area contributed by atoms with Gasteiger partial charge >= 0.3 is 0 Å². The van der Waals surface area contributed by atoms with Gasteiger partial charge < -0.3 is 9.84 Å². The summed E-state index contributed by atoms with van der Waals surface area (Å²) in [7, 11) is 0. The second kappa shape index (κ2) is 10.2. The van der Waals surface area contributed by atoms with E-state index in [-0.39, 0.29) is 12.0 Å². The zero-order chi connectivity index (χ0) is 22.6. The molecule has 0 aromatic heterocycles. The van der Waals surface area contributed by atoms with E-state index in [1.165, 1.54) is 0 Å². The predicted octanol–water partition coefficient (Wildman–Crippen LogP) is 7.24. The molecule has 5 heteroatoms. The summed E-state index contributed by atoms with van der Waals surface area (Å²) in [6.07, 6.45) is 2.49. The molecule has 2 aromatic rings. The standard InChI is InChI=1S/C26H31Cl2NO2/c1-5-13-26(4,25-29-23(16-31-25)17(2)3)15-22(19-7-6-8-21(28)14-19)24(30)18-9-11-20(27)12-10-18/h5-12,14,17,22-24,30H,1,13,15-16H2,2-4H3/t22-,23-,24?,26+/m1/s1. The van der Waals surface area contributed by atoms with Gasteiger partial charge in [0, 0.05) is 21.4 Å². The van der Waals surface area contributed by atoms with Crippen LogP contribution in [0.15, 0.2) is 66.2 Å². The molecule has 31 heavy (non-hydrogen) atoms. The smallest absolute Gasteiger partial charge is 0.190 e. The lowest BCUT2D eigenvalue weighted by atomic mass is 9.73. The molecule has 0 saturated carbocycles. The van der Waals surface area contributed by atoms with Crippen molar-refractivity contribution in [2.24, 2.45) is 16.3 Å². The number of rotatable bonds is 9. The average molecular weight is 460 g/mol. The summed E-state index contributed by atoms with van der Waals surface area (Å²) in [5.74, 6) is 0.949. The van der Waals surface area contributed by atoms with Gasteiger partial charge in [0.05, 0.1) is 12.1 Å². The van der Waals surface area contributed by atoms with E-state index in [1.54, 1.807) is 12.1 Å². The van der Waals surface area contributed by atoms with Crippen molar-refractivity contribution >= 4 is 29.1 Å². The molecule has 166 valence electrons. The van der Waals surface area contributed by atoms with Gasteiger partial charge in [0.2, 0.25) is 0 Å². The highest BCUT2D eigenvalue weighted by molar-refractivity contribution is 6.30. The van der Waals surface area contributed by atoms with Crippen molar-refractivity contribution in [2.75, 3.05) is 6.61 Å². The minimum atomic E-state index is -0.734. The fourth-order valence-corrected chi connectivity index (χ4v) is 4.49. The van der Waals surface area contributed by atoms with Crippen LogP contribution >= 0.6 is 23.2 Å². The number of allylic oxidation sites excluding steroid dienone is 1. The van der Waals surface area contributed by atoms with Crippen LogP contribution in [0.25, 0.3) is 0 Å². The van der Waals surface area contributed by atoms with Crippen molar-refractivity contribution in [3.05, 3.63) is 82.4 Å². The monoisotopic (exact) mass is 459 g/mol. The summed E-state index contributed by atoms with van der Waals surface area (Å²) >= 11 is 12.4. The molecule has 0 saturated heterocycles. The van der Waals surface area contributed by atoms with Gasteiger partial charge in [-0.25, -0.2) is 4.99 Å². The molecule has 1 heterocycles. The number of aliphatic hydroxyl groups is 1. The van der Waals surface area contributed by atoms with Crippen molar-refractivity contribution in [3.63, 3.8) is 0 Å². The first-order chi connectivity index (χ1) is 14.7. The highest BCUT2D eigenvalue weighted by atomic mass is 35.5. The molecule has 0 radical (unpaired) electrons. The van der Waals surface area contributed by atoms with Crippen LogP contribution in [0, 0.1) is 11.3 Å². The van der Waals surface area contributed by atoms with Gasteiger partial charge in [-0.3, -0.25) is 0 Å². The van der Waals surface area contributed by atoms with Crippen molar-refractivity contribution in [2.45, 2.75) is 51.7 Å². The third kappa shape index (κ3) is 5.71. The Bertz CT molecular complexity index is 925. The lowest BCUT2D eigenvalue weighted by molar-refractivity contribution is 0.121. The van der Waals surface area contributed by atoms with Crippen LogP contribution in [0.5, 0.6) is 0 Å². The van der Waals surface area contributed by atoms with E-state index >= 15 is 0 Å². The molecule has 4 atom stereocenters. The first-order valence-corrected chi connectivity index (χ1v) is 11.5. The third-order valence-corrected chi connectivity index (χ3v) is 6.58. The molecule has 2 aromatic carbocycles. The van der Waals surface area contributed by atoms with Crippen LogP contribution in [-0.2, 0) is 4.74 Å². The molecule has 1 N–H and O–H groups in total. The molecule has 0 fully saturated rings. The zero-order valence-corrected chi connectivity index (χ0v) is 19.9. The van der Waals surface area contributed by atoms with Crippen LogP contribution in [0.1, 0.15) is 56.8 Å². The summed E-state index contributed by atoms with van der Waals surface area (Å²) in [6.45, 7) is 11.0. The fraction of sp³-hybridized carbons (Fsp3) is 0.423.